The molecule has 0 saturated carbocycles. The molecule has 0 unspecified atom stereocenters. The lowest BCUT2D eigenvalue weighted by Crippen LogP contribution is -2.47. The molecule has 0 spiro atoms. The van der Waals surface area contributed by atoms with E-state index in [2.05, 4.69) is 204 Å². The van der Waals surface area contributed by atoms with E-state index in [1.54, 1.807) is 30.9 Å². The highest BCUT2D eigenvalue weighted by atomic mass is 79.9. The normalized spacial score (nSPS) is 11.3. The molecular formula is C108H167BrN14O7. The lowest BCUT2D eigenvalue weighted by Gasteiger charge is -2.37. The highest BCUT2D eigenvalue weighted by Gasteiger charge is 2.31. The van der Waals surface area contributed by atoms with Crippen LogP contribution in [-0.2, 0) is 13.1 Å². The average Bonchev–Trinajstić information content (AvgIpc) is 0.783. The van der Waals surface area contributed by atoms with Crippen molar-refractivity contribution in [2.45, 2.75) is 270 Å². The number of aromatic nitrogens is 3. The molecule has 0 bridgehead atoms. The third kappa shape index (κ3) is 42.1. The fourth-order valence-corrected chi connectivity index (χ4v) is 13.9. The number of carbonyl (C=O) groups is 7. The van der Waals surface area contributed by atoms with E-state index < -0.39 is 0 Å². The number of carbonyl (C=O) groups excluding carboxylic acids is 7. The second-order valence-electron chi connectivity index (χ2n) is 41.1. The summed E-state index contributed by atoms with van der Waals surface area (Å²) in [6.45, 7) is 71.3. The number of pyridine rings is 3. The largest absolute Gasteiger partial charge is 0.378 e. The summed E-state index contributed by atoms with van der Waals surface area (Å²) in [6, 6.07) is 48.8. The Morgan fingerprint density at radius 3 is 1.09 bits per heavy atom. The van der Waals surface area contributed by atoms with Gasteiger partial charge in [0.2, 0.25) is 0 Å². The Morgan fingerprint density at radius 1 is 0.331 bits per heavy atom. The van der Waals surface area contributed by atoms with E-state index in [4.69, 9.17) is 11.5 Å². The Labute approximate surface area is 793 Å². The summed E-state index contributed by atoms with van der Waals surface area (Å²) in [6.07, 6.45) is 6.72. The van der Waals surface area contributed by atoms with Gasteiger partial charge in [-0.3, -0.25) is 48.5 Å². The molecular weight excluding hydrogens is 1690 g/mol. The monoisotopic (exact) mass is 1850 g/mol. The molecule has 8 rings (SSSR count). The topological polar surface area (TPSA) is 239 Å². The van der Waals surface area contributed by atoms with Crippen LogP contribution in [0.1, 0.15) is 298 Å². The van der Waals surface area contributed by atoms with Gasteiger partial charge in [-0.2, -0.15) is 0 Å². The van der Waals surface area contributed by atoms with Crippen LogP contribution in [0.15, 0.2) is 181 Å². The van der Waals surface area contributed by atoms with E-state index in [9.17, 15) is 33.6 Å². The van der Waals surface area contributed by atoms with E-state index in [0.29, 0.717) is 53.9 Å². The fourth-order valence-electron chi connectivity index (χ4n) is 13.5. The van der Waals surface area contributed by atoms with Crippen LogP contribution in [0.5, 0.6) is 0 Å². The molecule has 0 aliphatic carbocycles. The molecule has 0 atom stereocenters. The summed E-state index contributed by atoms with van der Waals surface area (Å²) in [5.74, 6) is 2.89. The van der Waals surface area contributed by atoms with Gasteiger partial charge >= 0.3 is 0 Å². The van der Waals surface area contributed by atoms with Gasteiger partial charge in [0, 0.05) is 203 Å². The summed E-state index contributed by atoms with van der Waals surface area (Å²) < 4.78 is 0.827. The van der Waals surface area contributed by atoms with Gasteiger partial charge in [0.25, 0.3) is 41.4 Å². The lowest BCUT2D eigenvalue weighted by atomic mass is 9.95. The predicted molar refractivity (Wildman–Crippen MR) is 549 cm³/mol. The molecule has 718 valence electrons. The number of halogens is 1. The van der Waals surface area contributed by atoms with Crippen molar-refractivity contribution in [1.82, 2.24) is 49.3 Å². The van der Waals surface area contributed by atoms with Crippen LogP contribution < -0.4 is 21.3 Å². The molecule has 0 saturated heterocycles. The third-order valence-corrected chi connectivity index (χ3v) is 20.7. The lowest BCUT2D eigenvalue weighted by molar-refractivity contribution is 0.0545. The van der Waals surface area contributed by atoms with Crippen LogP contribution in [-0.4, -0.2) is 206 Å². The van der Waals surface area contributed by atoms with Gasteiger partial charge in [-0.15, -0.1) is 0 Å². The summed E-state index contributed by atoms with van der Waals surface area (Å²) in [5.41, 5.74) is 21.2. The maximum absolute atomic E-state index is 12.7. The first-order valence-electron chi connectivity index (χ1n) is 46.5. The van der Waals surface area contributed by atoms with Crippen molar-refractivity contribution in [3.63, 3.8) is 0 Å². The standard InChI is InChI=1S/C17H22N2O.C17H28N2O.C16H26N2O.2C15H24N2O.C14H21BrN2O.C14H22N2O/c1-12(2)11-19(13(3)4)17(20)15-7-8-16-14(10-15)6-5-9-18-16;1-13(2)12-19(17(3,4)5)16(20)14-8-10-15(11-9-14)18(6)7;1-12(2)11-18(13(3)4)16(19)14-8-7-9-15(10-14)17(5)6;1-11(2)10-17(12(3)4)15(18)14-7-5-13(9-16)6-8-14;1-11(2)10-17(12(3)4)15(18)14-7-5-6-13(8-14)9-16;1-10(2)17(9-14(3,4)5)13(18)11-6-12(15)8-16-7-11;1-11(2)16(10-14(3,4)5)13(17)12-8-6-7-9-15-12/h5-10,12-13H,11H2,1-4H3;8-11,13H,12H2,1-7H3;7-10,12-13H,11H2,1-6H3;2*5-8,11-12H,9-10,16H2,1-4H3;6-8,10H,9H2,1-5H3;6-9,11H,10H2,1-5H3. The van der Waals surface area contributed by atoms with Gasteiger partial charge in [-0.1, -0.05) is 153 Å². The van der Waals surface area contributed by atoms with Crippen molar-refractivity contribution in [2.24, 2.45) is 51.9 Å². The summed E-state index contributed by atoms with van der Waals surface area (Å²) >= 11 is 3.34. The smallest absolute Gasteiger partial charge is 0.272 e. The Balaban J connectivity index is 0.000000514. The average molecular weight is 1850 g/mol. The van der Waals surface area contributed by atoms with Crippen LogP contribution in [0.3, 0.4) is 0 Å². The molecule has 0 aliphatic heterocycles. The first-order valence-corrected chi connectivity index (χ1v) is 47.3. The SMILES string of the molecule is CC(C)CN(C(=O)c1ccc(CN)cc1)C(C)C.CC(C)CN(C(=O)c1ccc(N(C)C)cc1)C(C)(C)C.CC(C)CN(C(=O)c1ccc2ncccc2c1)C(C)C.CC(C)CN(C(=O)c1cccc(CN)c1)C(C)C.CC(C)CN(C(=O)c1cccc(N(C)C)c1)C(C)C.CC(C)N(CC(C)(C)C)C(=O)c1ccccn1.CC(C)N(CC(C)(C)C)C(=O)c1cncc(Br)c1. The highest BCUT2D eigenvalue weighted by molar-refractivity contribution is 9.10. The number of anilines is 2. The second-order valence-corrected chi connectivity index (χ2v) is 42.1. The zero-order valence-corrected chi connectivity index (χ0v) is 87.8. The highest BCUT2D eigenvalue weighted by Crippen LogP contribution is 2.27. The van der Waals surface area contributed by atoms with Crippen LogP contribution in [0.25, 0.3) is 10.9 Å². The minimum absolute atomic E-state index is 0.00975. The Bertz CT molecular complexity index is 4690. The Kier molecular flexibility index (Phi) is 50.1. The number of hydrogen-bond donors (Lipinski definition) is 2. The number of rotatable bonds is 29. The molecule has 3 heterocycles. The second kappa shape index (κ2) is 56.1. The zero-order valence-electron chi connectivity index (χ0n) is 86.2. The van der Waals surface area contributed by atoms with Crippen molar-refractivity contribution in [3.05, 3.63) is 231 Å². The molecule has 5 aromatic carbocycles. The summed E-state index contributed by atoms with van der Waals surface area (Å²) in [7, 11) is 7.96. The third-order valence-electron chi connectivity index (χ3n) is 20.2. The molecule has 0 fully saturated rings. The van der Waals surface area contributed by atoms with Gasteiger partial charge in [-0.05, 0) is 281 Å². The minimum atomic E-state index is -0.165. The molecule has 7 amide bonds. The van der Waals surface area contributed by atoms with Gasteiger partial charge in [0.15, 0.2) is 0 Å². The molecule has 4 N–H and O–H groups in total. The van der Waals surface area contributed by atoms with Crippen molar-refractivity contribution >= 4 is 79.6 Å². The number of nitrogens with zero attached hydrogens (tertiary/aromatic N) is 12. The van der Waals surface area contributed by atoms with Crippen LogP contribution in [0.4, 0.5) is 11.4 Å². The maximum Gasteiger partial charge on any atom is 0.272 e. The van der Waals surface area contributed by atoms with Crippen molar-refractivity contribution < 1.29 is 33.6 Å². The first-order chi connectivity index (χ1) is 60.4. The number of amides is 7. The Hall–Kier alpha value is -9.90. The maximum atomic E-state index is 12.7. The van der Waals surface area contributed by atoms with Gasteiger partial charge in [0.05, 0.1) is 11.1 Å². The minimum Gasteiger partial charge on any atom is -0.378 e. The molecule has 0 aliphatic rings. The molecule has 130 heavy (non-hydrogen) atoms. The van der Waals surface area contributed by atoms with Crippen LogP contribution in [0, 0.1) is 40.4 Å². The van der Waals surface area contributed by atoms with Gasteiger partial charge in [0.1, 0.15) is 5.69 Å². The van der Waals surface area contributed by atoms with Crippen molar-refractivity contribution in [3.8, 4) is 0 Å². The number of fused-ring (bicyclic) bond motifs is 1. The van der Waals surface area contributed by atoms with E-state index in [1.165, 1.54) is 0 Å². The van der Waals surface area contributed by atoms with E-state index in [1.807, 2.05) is 259 Å². The summed E-state index contributed by atoms with van der Waals surface area (Å²) in [5, 5.41) is 1.01. The predicted octanol–water partition coefficient (Wildman–Crippen LogP) is 22.7. The molecule has 22 heteroatoms. The zero-order chi connectivity index (χ0) is 99.2. The first kappa shape index (κ1) is 116. The number of benzene rings is 5. The molecule has 3 aromatic heterocycles. The number of hydrogen-bond acceptors (Lipinski definition) is 14. The fraction of sp³-hybridized carbons (Fsp3) is 0.537. The van der Waals surface area contributed by atoms with Crippen molar-refractivity contribution in [2.75, 3.05) is 83.8 Å². The number of nitrogens with two attached hydrogens (primary N) is 2. The molecule has 8 aromatic rings. The van der Waals surface area contributed by atoms with Crippen molar-refractivity contribution in [1.29, 1.82) is 0 Å². The van der Waals surface area contributed by atoms with E-state index >= 15 is 0 Å². The quantitative estimate of drug-likeness (QED) is 0.0443. The molecule has 21 nitrogen and oxygen atoms in total. The Morgan fingerprint density at radius 2 is 0.708 bits per heavy atom. The van der Waals surface area contributed by atoms with Crippen LogP contribution in [0.2, 0.25) is 0 Å². The van der Waals surface area contributed by atoms with E-state index in [-0.39, 0.29) is 94.0 Å². The van der Waals surface area contributed by atoms with Gasteiger partial charge < -0.3 is 55.6 Å². The summed E-state index contributed by atoms with van der Waals surface area (Å²) in [4.78, 5) is 118. The van der Waals surface area contributed by atoms with Crippen LogP contribution >= 0.6 is 15.9 Å². The van der Waals surface area contributed by atoms with E-state index in [0.717, 1.165) is 112 Å². The van der Waals surface area contributed by atoms with Gasteiger partial charge in [-0.25, -0.2) is 0 Å². The molecule has 0 radical (unpaired) electrons.